The molecule has 0 amide bonds. The van der Waals surface area contributed by atoms with E-state index in [1.807, 2.05) is 0 Å². The van der Waals surface area contributed by atoms with Crippen LogP contribution in [0.4, 0.5) is 0 Å². The molecule has 0 atom stereocenters. The maximum atomic E-state index is 2.24. The van der Waals surface area contributed by atoms with Gasteiger partial charge in [0.25, 0.3) is 0 Å². The fourth-order valence-electron chi connectivity index (χ4n) is 6.38. The monoisotopic (exact) mass is 963 g/mol. The minimum atomic E-state index is 0. The summed E-state index contributed by atoms with van der Waals surface area (Å²) in [6.07, 6.45) is 0. The van der Waals surface area contributed by atoms with Gasteiger partial charge in [-0.05, 0) is 54.6 Å². The van der Waals surface area contributed by atoms with Crippen molar-refractivity contribution in [3.05, 3.63) is 164 Å². The van der Waals surface area contributed by atoms with Crippen LogP contribution in [-0.4, -0.2) is 0 Å². The summed E-state index contributed by atoms with van der Waals surface area (Å²) in [6.45, 7) is 0. The molecule has 9 aromatic rings. The van der Waals surface area contributed by atoms with Crippen LogP contribution >= 0.6 is 0 Å². The Kier molecular flexibility index (Phi) is 13.0. The van der Waals surface area contributed by atoms with Gasteiger partial charge in [0, 0.05) is 68.7 Å². The molecule has 6 aromatic carbocycles. The molecule has 3 nitrogen and oxygen atoms in total. The van der Waals surface area contributed by atoms with Crippen molar-refractivity contribution in [3.8, 4) is 0 Å². The highest BCUT2D eigenvalue weighted by molar-refractivity contribution is 5.90. The Morgan fingerprint density at radius 2 is 0.396 bits per heavy atom. The molecule has 0 spiro atoms. The van der Waals surface area contributed by atoms with Crippen LogP contribution in [0, 0.1) is 0 Å². The van der Waals surface area contributed by atoms with Gasteiger partial charge in [0.15, 0.2) is 0 Å². The van der Waals surface area contributed by atoms with Gasteiger partial charge in [0.05, 0.1) is 0 Å². The number of hydrogen-bond donors (Lipinski definition) is 0. The lowest BCUT2D eigenvalue weighted by Gasteiger charge is -2.00. The second kappa shape index (κ2) is 16.8. The van der Waals surface area contributed by atoms with E-state index in [2.05, 4.69) is 199 Å². The average molecular weight is 963 g/mol. The summed E-state index contributed by atoms with van der Waals surface area (Å²) in [5.74, 6) is 0. The van der Waals surface area contributed by atoms with E-state index in [1.165, 1.54) is 65.4 Å². The Labute approximate surface area is 332 Å². The minimum Gasteiger partial charge on any atom is -1.00 e. The van der Waals surface area contributed by atoms with Crippen molar-refractivity contribution >= 4 is 65.4 Å². The number of nitrogens with zero attached hydrogens (tertiary/aromatic N) is 3. The highest BCUT2D eigenvalue weighted by Gasteiger charge is 2.11. The van der Waals surface area contributed by atoms with Crippen molar-refractivity contribution in [2.75, 3.05) is 0 Å². The Balaban J connectivity index is 0.000000158. The lowest BCUT2D eigenvalue weighted by Crippen LogP contribution is -3.00. The molecule has 0 saturated carbocycles. The van der Waals surface area contributed by atoms with E-state index in [0.717, 1.165) is 0 Å². The number of fused-ring (bicyclic) bond motifs is 6. The molecule has 0 aliphatic rings. The van der Waals surface area contributed by atoms with Crippen molar-refractivity contribution in [2.45, 2.75) is 0 Å². The Hall–Kier alpha value is -3.48. The molecule has 0 radical (unpaired) electrons. The smallest absolute Gasteiger partial charge is 0.212 e. The third-order valence-electron chi connectivity index (χ3n) is 8.72. The third kappa shape index (κ3) is 7.55. The van der Waals surface area contributed by atoms with Crippen molar-refractivity contribution in [2.24, 2.45) is 21.1 Å². The van der Waals surface area contributed by atoms with E-state index in [-0.39, 0.29) is 71.9 Å². The Morgan fingerprint density at radius 1 is 0.250 bits per heavy atom. The molecule has 9 rings (SSSR count). The molecule has 0 aliphatic heterocycles. The lowest BCUT2D eigenvalue weighted by atomic mass is 10.1. The molecule has 3 heterocycles. The van der Waals surface area contributed by atoms with Crippen molar-refractivity contribution in [1.82, 2.24) is 0 Å². The van der Waals surface area contributed by atoms with Crippen LogP contribution in [0.2, 0.25) is 0 Å². The molecule has 48 heavy (non-hydrogen) atoms. The number of benzene rings is 6. The second-order valence-electron chi connectivity index (χ2n) is 11.5. The van der Waals surface area contributed by atoms with Crippen molar-refractivity contribution in [3.63, 3.8) is 0 Å². The van der Waals surface area contributed by atoms with E-state index < -0.39 is 0 Å². The Morgan fingerprint density at radius 3 is 0.562 bits per heavy atom. The second-order valence-corrected chi connectivity index (χ2v) is 11.5. The van der Waals surface area contributed by atoms with E-state index in [4.69, 9.17) is 0 Å². The summed E-state index contributed by atoms with van der Waals surface area (Å²) in [4.78, 5) is 0. The number of rotatable bonds is 0. The fraction of sp³-hybridized carbons (Fsp3) is 0.0714. The van der Waals surface area contributed by atoms with Gasteiger partial charge in [-0.25, -0.2) is 0 Å². The number of halogens is 3. The molecule has 0 aliphatic carbocycles. The highest BCUT2D eigenvalue weighted by Crippen LogP contribution is 2.19. The van der Waals surface area contributed by atoms with Crippen molar-refractivity contribution in [1.29, 1.82) is 0 Å². The minimum absolute atomic E-state index is 0. The van der Waals surface area contributed by atoms with Gasteiger partial charge in [0.2, 0.25) is 33.1 Å². The van der Waals surface area contributed by atoms with Crippen LogP contribution in [0.3, 0.4) is 0 Å². The summed E-state index contributed by atoms with van der Waals surface area (Å²) in [5, 5.41) is 7.74. The third-order valence-corrected chi connectivity index (χ3v) is 8.72. The maximum absolute atomic E-state index is 2.24. The topological polar surface area (TPSA) is 11.6 Å². The summed E-state index contributed by atoms with van der Waals surface area (Å²) >= 11 is 0. The lowest BCUT2D eigenvalue weighted by molar-refractivity contribution is -0.617. The van der Waals surface area contributed by atoms with E-state index in [1.54, 1.807) is 0 Å². The van der Waals surface area contributed by atoms with E-state index in [0.29, 0.717) is 0 Å². The molecule has 0 fully saturated rings. The number of hydrogen-bond acceptors (Lipinski definition) is 0. The zero-order chi connectivity index (χ0) is 30.8. The first kappa shape index (κ1) is 37.3. The molecule has 240 valence electrons. The standard InChI is InChI=1S/3C14H12N.3HI/c3*1-15-13-8-4-2-6-11(13)10-12-7-3-5-9-14(12)15;;;/h3*2-10H,1H3;3*1H/q3*+1;;;/p-3. The first-order valence-electron chi connectivity index (χ1n) is 15.4. The fourth-order valence-corrected chi connectivity index (χ4v) is 6.38. The Bertz CT molecular complexity index is 2060. The van der Waals surface area contributed by atoms with Gasteiger partial charge in [-0.1, -0.05) is 72.8 Å². The summed E-state index contributed by atoms with van der Waals surface area (Å²) < 4.78 is 6.72. The highest BCUT2D eigenvalue weighted by atomic mass is 127. The normalized spacial score (nSPS) is 10.3. The average Bonchev–Trinajstić information content (AvgIpc) is 3.09. The first-order chi connectivity index (χ1) is 22.1. The molecular formula is C42H36I3N3. The van der Waals surface area contributed by atoms with Crippen LogP contribution in [0.15, 0.2) is 164 Å². The van der Waals surface area contributed by atoms with E-state index in [9.17, 15) is 0 Å². The molecule has 6 heteroatoms. The van der Waals surface area contributed by atoms with Gasteiger partial charge >= 0.3 is 0 Å². The number of aromatic nitrogens is 3. The predicted molar refractivity (Wildman–Crippen MR) is 188 cm³/mol. The molecule has 0 unspecified atom stereocenters. The number of para-hydroxylation sites is 6. The van der Waals surface area contributed by atoms with Gasteiger partial charge in [-0.2, -0.15) is 13.7 Å². The van der Waals surface area contributed by atoms with Gasteiger partial charge in [-0.3, -0.25) is 0 Å². The predicted octanol–water partition coefficient (Wildman–Crippen LogP) is -0.535. The molecular weight excluding hydrogens is 927 g/mol. The zero-order valence-corrected chi connectivity index (χ0v) is 33.5. The van der Waals surface area contributed by atoms with Gasteiger partial charge in [0.1, 0.15) is 21.1 Å². The van der Waals surface area contributed by atoms with Gasteiger partial charge < -0.3 is 71.9 Å². The molecule has 0 saturated heterocycles. The van der Waals surface area contributed by atoms with E-state index >= 15 is 0 Å². The largest absolute Gasteiger partial charge is 1.00 e. The number of pyridine rings is 3. The quantitative estimate of drug-likeness (QED) is 0.110. The first-order valence-corrected chi connectivity index (χ1v) is 15.4. The summed E-state index contributed by atoms with van der Waals surface area (Å²) in [7, 11) is 6.35. The summed E-state index contributed by atoms with van der Waals surface area (Å²) in [6, 6.07) is 57.5. The molecule has 3 aromatic heterocycles. The van der Waals surface area contributed by atoms with Crippen LogP contribution in [0.1, 0.15) is 0 Å². The van der Waals surface area contributed by atoms with Crippen LogP contribution in [-0.2, 0) is 21.1 Å². The van der Waals surface area contributed by atoms with Crippen LogP contribution in [0.25, 0.3) is 65.4 Å². The molecule has 0 N–H and O–H groups in total. The SMILES string of the molecule is C[n+]1c2ccccc2cc2ccccc21.C[n+]1c2ccccc2cc2ccccc21.C[n+]1c2ccccc2cc2ccccc21.[I-].[I-].[I-]. The van der Waals surface area contributed by atoms with Crippen LogP contribution < -0.4 is 85.6 Å². The molecule has 0 bridgehead atoms. The number of aryl methyl sites for hydroxylation is 3. The van der Waals surface area contributed by atoms with Crippen molar-refractivity contribution < 1.29 is 85.6 Å². The van der Waals surface area contributed by atoms with Gasteiger partial charge in [-0.15, -0.1) is 0 Å². The van der Waals surface area contributed by atoms with Crippen LogP contribution in [0.5, 0.6) is 0 Å². The summed E-state index contributed by atoms with van der Waals surface area (Å²) in [5.41, 5.74) is 7.65. The maximum Gasteiger partial charge on any atom is 0.212 e. The zero-order valence-electron chi connectivity index (χ0n) is 27.1.